The van der Waals surface area contributed by atoms with E-state index >= 15 is 0 Å². The molecule has 0 fully saturated rings. The molecule has 0 aliphatic rings. The highest BCUT2D eigenvalue weighted by molar-refractivity contribution is 4.44. The summed E-state index contributed by atoms with van der Waals surface area (Å²) in [5.74, 6) is 0. The molecule has 0 amide bonds. The quantitative estimate of drug-likeness (QED) is 0.490. The second-order valence-corrected chi connectivity index (χ2v) is 3.03. The summed E-state index contributed by atoms with van der Waals surface area (Å²) < 4.78 is 4.72. The van der Waals surface area contributed by atoms with Gasteiger partial charge in [0, 0.05) is 6.61 Å². The van der Waals surface area contributed by atoms with Crippen molar-refractivity contribution < 1.29 is 4.74 Å². The average molecular weight is 157 g/mol. The van der Waals surface area contributed by atoms with Crippen LogP contribution in [-0.2, 0) is 4.74 Å². The average Bonchev–Trinajstić information content (AvgIpc) is 2.03. The van der Waals surface area contributed by atoms with Gasteiger partial charge in [-0.25, -0.2) is 0 Å². The molecule has 0 aliphatic heterocycles. The summed E-state index contributed by atoms with van der Waals surface area (Å²) in [5, 5.41) is 0. The molecule has 0 aromatic rings. The van der Waals surface area contributed by atoms with Gasteiger partial charge in [0.2, 0.25) is 0 Å². The third-order valence-electron chi connectivity index (χ3n) is 1.89. The lowest BCUT2D eigenvalue weighted by molar-refractivity contribution is 0.233. The van der Waals surface area contributed by atoms with E-state index in [1.165, 1.54) is 44.9 Å². The summed E-state index contributed by atoms with van der Waals surface area (Å²) in [6.07, 6.45) is 9.37. The van der Waals surface area contributed by atoms with Crippen molar-refractivity contribution in [2.45, 2.75) is 51.9 Å². The molecule has 0 aromatic heterocycles. The van der Waals surface area contributed by atoms with Crippen LogP contribution in [0.1, 0.15) is 51.9 Å². The SMILES string of the molecule is [CH2]OCCCCCCCCC. The maximum absolute atomic E-state index is 4.72. The fourth-order valence-electron chi connectivity index (χ4n) is 1.16. The van der Waals surface area contributed by atoms with Crippen LogP contribution in [0.4, 0.5) is 0 Å². The van der Waals surface area contributed by atoms with Crippen LogP contribution < -0.4 is 0 Å². The molecule has 1 radical (unpaired) electrons. The van der Waals surface area contributed by atoms with Gasteiger partial charge in [0.25, 0.3) is 0 Å². The van der Waals surface area contributed by atoms with Crippen molar-refractivity contribution >= 4 is 0 Å². The first-order valence-corrected chi connectivity index (χ1v) is 4.78. The van der Waals surface area contributed by atoms with Crippen molar-refractivity contribution in [3.63, 3.8) is 0 Å². The Bertz CT molecular complexity index is 53.9. The highest BCUT2D eigenvalue weighted by atomic mass is 16.5. The molecule has 11 heavy (non-hydrogen) atoms. The summed E-state index contributed by atoms with van der Waals surface area (Å²) in [4.78, 5) is 0. The lowest BCUT2D eigenvalue weighted by atomic mass is 10.1. The number of ether oxygens (including phenoxy) is 1. The van der Waals surface area contributed by atoms with Crippen molar-refractivity contribution in [3.05, 3.63) is 7.11 Å². The van der Waals surface area contributed by atoms with Gasteiger partial charge in [-0.1, -0.05) is 45.4 Å². The molecule has 0 aliphatic carbocycles. The maximum Gasteiger partial charge on any atom is 0.0700 e. The van der Waals surface area contributed by atoms with Gasteiger partial charge in [-0.3, -0.25) is 0 Å². The molecule has 1 nitrogen and oxygen atoms in total. The maximum atomic E-state index is 4.72. The fraction of sp³-hybridized carbons (Fsp3) is 0.900. The third-order valence-corrected chi connectivity index (χ3v) is 1.89. The number of unbranched alkanes of at least 4 members (excludes halogenated alkanes) is 6. The Hall–Kier alpha value is -0.0400. The Balaban J connectivity index is 2.69. The molecule has 0 bridgehead atoms. The van der Waals surface area contributed by atoms with Crippen LogP contribution in [0.3, 0.4) is 0 Å². The third kappa shape index (κ3) is 9.96. The van der Waals surface area contributed by atoms with Crippen molar-refractivity contribution in [2.75, 3.05) is 6.61 Å². The van der Waals surface area contributed by atoms with Crippen LogP contribution >= 0.6 is 0 Å². The van der Waals surface area contributed by atoms with Gasteiger partial charge >= 0.3 is 0 Å². The molecule has 0 aromatic carbocycles. The Morgan fingerprint density at radius 2 is 1.45 bits per heavy atom. The number of hydrogen-bond acceptors (Lipinski definition) is 1. The Labute approximate surface area is 71.1 Å². The molecular weight excluding hydrogens is 136 g/mol. The minimum Gasteiger partial charge on any atom is -0.379 e. The van der Waals surface area contributed by atoms with E-state index < -0.39 is 0 Å². The number of rotatable bonds is 8. The van der Waals surface area contributed by atoms with Crippen LogP contribution in [-0.4, -0.2) is 6.61 Å². The summed E-state index contributed by atoms with van der Waals surface area (Å²) in [7, 11) is 3.33. The minimum absolute atomic E-state index is 0.827. The van der Waals surface area contributed by atoms with Gasteiger partial charge < -0.3 is 4.74 Å². The van der Waals surface area contributed by atoms with E-state index in [4.69, 9.17) is 4.74 Å². The molecule has 0 heterocycles. The second-order valence-electron chi connectivity index (χ2n) is 3.03. The second kappa shape index (κ2) is 9.96. The molecule has 0 N–H and O–H groups in total. The van der Waals surface area contributed by atoms with Gasteiger partial charge in [-0.2, -0.15) is 0 Å². The molecule has 0 unspecified atom stereocenters. The van der Waals surface area contributed by atoms with Gasteiger partial charge in [0.1, 0.15) is 0 Å². The molecule has 0 rings (SSSR count). The summed E-state index contributed by atoms with van der Waals surface area (Å²) in [6.45, 7) is 3.07. The Morgan fingerprint density at radius 3 is 2.00 bits per heavy atom. The number of hydrogen-bond donors (Lipinski definition) is 0. The molecule has 1 heteroatoms. The van der Waals surface area contributed by atoms with E-state index in [-0.39, 0.29) is 0 Å². The van der Waals surface area contributed by atoms with Crippen LogP contribution in [0.5, 0.6) is 0 Å². The lowest BCUT2D eigenvalue weighted by Crippen LogP contribution is -1.86. The topological polar surface area (TPSA) is 9.23 Å². The van der Waals surface area contributed by atoms with Crippen LogP contribution in [0.2, 0.25) is 0 Å². The fourth-order valence-corrected chi connectivity index (χ4v) is 1.16. The monoisotopic (exact) mass is 157 g/mol. The summed E-state index contributed by atoms with van der Waals surface area (Å²) >= 11 is 0. The zero-order valence-electron chi connectivity index (χ0n) is 7.77. The van der Waals surface area contributed by atoms with Gasteiger partial charge in [0.05, 0.1) is 7.11 Å². The van der Waals surface area contributed by atoms with E-state index in [1.807, 2.05) is 0 Å². The first-order chi connectivity index (χ1) is 5.41. The molecule has 0 saturated carbocycles. The van der Waals surface area contributed by atoms with Crippen LogP contribution in [0.25, 0.3) is 0 Å². The standard InChI is InChI=1S/C10H21O/c1-3-4-5-6-7-8-9-10-11-2/h2-10H2,1H3. The van der Waals surface area contributed by atoms with E-state index in [9.17, 15) is 0 Å². The van der Waals surface area contributed by atoms with Crippen LogP contribution in [0.15, 0.2) is 0 Å². The highest BCUT2D eigenvalue weighted by Crippen LogP contribution is 2.06. The zero-order chi connectivity index (χ0) is 8.36. The largest absolute Gasteiger partial charge is 0.379 e. The molecule has 0 saturated heterocycles. The molecular formula is C10H21O. The Kier molecular flexibility index (Phi) is 9.92. The van der Waals surface area contributed by atoms with E-state index in [2.05, 4.69) is 14.0 Å². The first-order valence-electron chi connectivity index (χ1n) is 4.78. The Morgan fingerprint density at radius 1 is 0.909 bits per heavy atom. The van der Waals surface area contributed by atoms with E-state index in [0.717, 1.165) is 6.61 Å². The van der Waals surface area contributed by atoms with Crippen molar-refractivity contribution in [1.82, 2.24) is 0 Å². The van der Waals surface area contributed by atoms with Crippen molar-refractivity contribution in [2.24, 2.45) is 0 Å². The molecule has 0 atom stereocenters. The lowest BCUT2D eigenvalue weighted by Gasteiger charge is -1.99. The van der Waals surface area contributed by atoms with Gasteiger partial charge in [0.15, 0.2) is 0 Å². The highest BCUT2D eigenvalue weighted by Gasteiger charge is 1.89. The molecule has 67 valence electrons. The predicted molar refractivity (Wildman–Crippen MR) is 49.3 cm³/mol. The first kappa shape index (κ1) is 11.0. The summed E-state index contributed by atoms with van der Waals surface area (Å²) in [6, 6.07) is 0. The minimum atomic E-state index is 0.827. The normalized spacial score (nSPS) is 10.4. The molecule has 0 spiro atoms. The van der Waals surface area contributed by atoms with Crippen molar-refractivity contribution in [3.8, 4) is 0 Å². The van der Waals surface area contributed by atoms with Crippen molar-refractivity contribution in [1.29, 1.82) is 0 Å². The zero-order valence-corrected chi connectivity index (χ0v) is 7.77. The van der Waals surface area contributed by atoms with Crippen LogP contribution in [0, 0.1) is 7.11 Å². The van der Waals surface area contributed by atoms with E-state index in [1.54, 1.807) is 0 Å². The summed E-state index contributed by atoms with van der Waals surface area (Å²) in [5.41, 5.74) is 0. The smallest absolute Gasteiger partial charge is 0.0700 e. The van der Waals surface area contributed by atoms with Gasteiger partial charge in [-0.05, 0) is 6.42 Å². The predicted octanol–water partition coefficient (Wildman–Crippen LogP) is 3.55. The van der Waals surface area contributed by atoms with Gasteiger partial charge in [-0.15, -0.1) is 0 Å². The van der Waals surface area contributed by atoms with E-state index in [0.29, 0.717) is 0 Å².